The molecule has 4 heteroatoms. The number of piperidine rings is 1. The van der Waals surface area contributed by atoms with Crippen LogP contribution in [0.1, 0.15) is 43.5 Å². The minimum atomic E-state index is 0.454. The number of hydrogen-bond acceptors (Lipinski definition) is 3. The fourth-order valence-corrected chi connectivity index (χ4v) is 2.98. The quantitative estimate of drug-likeness (QED) is 0.929. The van der Waals surface area contributed by atoms with Gasteiger partial charge in [-0.1, -0.05) is 6.07 Å². The Kier molecular flexibility index (Phi) is 4.11. The van der Waals surface area contributed by atoms with Crippen molar-refractivity contribution in [2.24, 2.45) is 0 Å². The van der Waals surface area contributed by atoms with E-state index in [-0.39, 0.29) is 0 Å². The van der Waals surface area contributed by atoms with Crippen LogP contribution in [0.4, 0.5) is 0 Å². The van der Waals surface area contributed by atoms with Crippen LogP contribution in [-0.4, -0.2) is 20.6 Å². The molecule has 1 aliphatic heterocycles. The van der Waals surface area contributed by atoms with E-state index in [1.165, 1.54) is 30.5 Å². The SMILES string of the molecule is CC1CCCC(c2cncn2CCc2cccnc2)N1. The average molecular weight is 270 g/mol. The molecule has 2 atom stereocenters. The molecule has 1 fully saturated rings. The van der Waals surface area contributed by atoms with Gasteiger partial charge in [0.2, 0.25) is 0 Å². The summed E-state index contributed by atoms with van der Waals surface area (Å²) >= 11 is 0. The monoisotopic (exact) mass is 270 g/mol. The normalized spacial score (nSPS) is 22.9. The molecule has 0 bridgehead atoms. The highest BCUT2D eigenvalue weighted by Crippen LogP contribution is 2.25. The van der Waals surface area contributed by atoms with Crippen molar-refractivity contribution in [3.63, 3.8) is 0 Å². The molecule has 20 heavy (non-hydrogen) atoms. The molecule has 2 aromatic heterocycles. The Bertz CT molecular complexity index is 534. The van der Waals surface area contributed by atoms with E-state index in [0.717, 1.165) is 13.0 Å². The maximum Gasteiger partial charge on any atom is 0.0948 e. The maximum absolute atomic E-state index is 4.34. The molecule has 3 heterocycles. The molecular weight excluding hydrogens is 248 g/mol. The van der Waals surface area contributed by atoms with Gasteiger partial charge in [0.1, 0.15) is 0 Å². The molecule has 1 N–H and O–H groups in total. The van der Waals surface area contributed by atoms with Crippen molar-refractivity contribution in [2.75, 3.05) is 0 Å². The van der Waals surface area contributed by atoms with Crippen LogP contribution in [0.2, 0.25) is 0 Å². The van der Waals surface area contributed by atoms with E-state index in [4.69, 9.17) is 0 Å². The van der Waals surface area contributed by atoms with Gasteiger partial charge in [0.05, 0.1) is 12.0 Å². The number of pyridine rings is 1. The summed E-state index contributed by atoms with van der Waals surface area (Å²) in [5.74, 6) is 0. The van der Waals surface area contributed by atoms with Crippen LogP contribution in [0.25, 0.3) is 0 Å². The second kappa shape index (κ2) is 6.18. The number of nitrogens with one attached hydrogen (secondary N) is 1. The lowest BCUT2D eigenvalue weighted by atomic mass is 9.97. The van der Waals surface area contributed by atoms with Gasteiger partial charge in [-0.2, -0.15) is 0 Å². The fourth-order valence-electron chi connectivity index (χ4n) is 2.98. The number of aromatic nitrogens is 3. The van der Waals surface area contributed by atoms with Crippen LogP contribution in [0.5, 0.6) is 0 Å². The van der Waals surface area contributed by atoms with Crippen LogP contribution in [0.3, 0.4) is 0 Å². The summed E-state index contributed by atoms with van der Waals surface area (Å²) in [5.41, 5.74) is 2.59. The van der Waals surface area contributed by atoms with Crippen molar-refractivity contribution >= 4 is 0 Å². The second-order valence-electron chi connectivity index (χ2n) is 5.67. The second-order valence-corrected chi connectivity index (χ2v) is 5.67. The molecule has 0 amide bonds. The number of imidazole rings is 1. The number of hydrogen-bond donors (Lipinski definition) is 1. The highest BCUT2D eigenvalue weighted by Gasteiger charge is 2.21. The van der Waals surface area contributed by atoms with Gasteiger partial charge in [0, 0.05) is 37.2 Å². The number of rotatable bonds is 4. The molecule has 106 valence electrons. The van der Waals surface area contributed by atoms with E-state index in [1.54, 1.807) is 0 Å². The molecule has 4 nitrogen and oxygen atoms in total. The van der Waals surface area contributed by atoms with E-state index in [1.807, 2.05) is 31.0 Å². The van der Waals surface area contributed by atoms with Crippen molar-refractivity contribution < 1.29 is 0 Å². The average Bonchev–Trinajstić information content (AvgIpc) is 2.95. The molecular formula is C16H22N4. The lowest BCUT2D eigenvalue weighted by molar-refractivity contribution is 0.329. The third kappa shape index (κ3) is 3.07. The Labute approximate surface area is 120 Å². The third-order valence-corrected chi connectivity index (χ3v) is 4.08. The van der Waals surface area contributed by atoms with Crippen molar-refractivity contribution in [3.8, 4) is 0 Å². The number of nitrogens with zero attached hydrogens (tertiary/aromatic N) is 3. The van der Waals surface area contributed by atoms with E-state index in [9.17, 15) is 0 Å². The summed E-state index contributed by atoms with van der Waals surface area (Å²) in [6.45, 7) is 3.23. The number of aryl methyl sites for hydroxylation is 2. The van der Waals surface area contributed by atoms with E-state index >= 15 is 0 Å². The lowest BCUT2D eigenvalue weighted by Crippen LogP contribution is -2.35. The van der Waals surface area contributed by atoms with Gasteiger partial charge in [-0.15, -0.1) is 0 Å². The lowest BCUT2D eigenvalue weighted by Gasteiger charge is -2.29. The zero-order valence-corrected chi connectivity index (χ0v) is 12.0. The summed E-state index contributed by atoms with van der Waals surface area (Å²) < 4.78 is 2.28. The van der Waals surface area contributed by atoms with Gasteiger partial charge in [0.25, 0.3) is 0 Å². The smallest absolute Gasteiger partial charge is 0.0948 e. The maximum atomic E-state index is 4.34. The molecule has 2 unspecified atom stereocenters. The summed E-state index contributed by atoms with van der Waals surface area (Å²) in [6.07, 6.45) is 12.5. The van der Waals surface area contributed by atoms with Gasteiger partial charge in [-0.3, -0.25) is 4.98 Å². The van der Waals surface area contributed by atoms with Gasteiger partial charge >= 0.3 is 0 Å². The van der Waals surface area contributed by atoms with E-state index < -0.39 is 0 Å². The molecule has 0 aromatic carbocycles. The highest BCUT2D eigenvalue weighted by molar-refractivity contribution is 5.11. The largest absolute Gasteiger partial charge is 0.333 e. The molecule has 1 saturated heterocycles. The van der Waals surface area contributed by atoms with Gasteiger partial charge in [0.15, 0.2) is 0 Å². The molecule has 3 rings (SSSR count). The highest BCUT2D eigenvalue weighted by atomic mass is 15.1. The first-order valence-corrected chi connectivity index (χ1v) is 7.48. The summed E-state index contributed by atoms with van der Waals surface area (Å²) in [6, 6.07) is 5.18. The first kappa shape index (κ1) is 13.3. The first-order chi connectivity index (χ1) is 9.83. The van der Waals surface area contributed by atoms with Crippen LogP contribution in [0, 0.1) is 0 Å². The predicted octanol–water partition coefficient (Wildman–Crippen LogP) is 2.72. The molecule has 0 radical (unpaired) electrons. The molecule has 0 spiro atoms. The third-order valence-electron chi connectivity index (χ3n) is 4.08. The Morgan fingerprint density at radius 2 is 2.25 bits per heavy atom. The van der Waals surface area contributed by atoms with E-state index in [2.05, 4.69) is 32.8 Å². The van der Waals surface area contributed by atoms with Crippen LogP contribution in [0.15, 0.2) is 37.1 Å². The topological polar surface area (TPSA) is 42.7 Å². The molecule has 0 saturated carbocycles. The van der Waals surface area contributed by atoms with Gasteiger partial charge in [-0.25, -0.2) is 4.98 Å². The summed E-state index contributed by atoms with van der Waals surface area (Å²) in [5, 5.41) is 3.68. The van der Waals surface area contributed by atoms with Crippen LogP contribution >= 0.6 is 0 Å². The predicted molar refractivity (Wildman–Crippen MR) is 79.4 cm³/mol. The Morgan fingerprint density at radius 1 is 1.30 bits per heavy atom. The first-order valence-electron chi connectivity index (χ1n) is 7.48. The zero-order chi connectivity index (χ0) is 13.8. The summed E-state index contributed by atoms with van der Waals surface area (Å²) in [4.78, 5) is 8.51. The zero-order valence-electron chi connectivity index (χ0n) is 12.0. The molecule has 0 aliphatic carbocycles. The summed E-state index contributed by atoms with van der Waals surface area (Å²) in [7, 11) is 0. The van der Waals surface area contributed by atoms with Crippen LogP contribution < -0.4 is 5.32 Å². The van der Waals surface area contributed by atoms with Gasteiger partial charge in [-0.05, 0) is 44.2 Å². The standard InChI is InChI=1S/C16H22N4/c1-13-4-2-6-15(19-13)16-11-18-12-20(16)9-7-14-5-3-8-17-10-14/h3,5,8,10-13,15,19H,2,4,6-7,9H2,1H3. The minimum Gasteiger partial charge on any atom is -0.333 e. The van der Waals surface area contributed by atoms with Crippen molar-refractivity contribution in [1.82, 2.24) is 19.9 Å². The molecule has 2 aromatic rings. The Balaban J connectivity index is 1.67. The minimum absolute atomic E-state index is 0.454. The Hall–Kier alpha value is -1.68. The fraction of sp³-hybridized carbons (Fsp3) is 0.500. The van der Waals surface area contributed by atoms with Gasteiger partial charge < -0.3 is 9.88 Å². The van der Waals surface area contributed by atoms with Crippen molar-refractivity contribution in [1.29, 1.82) is 0 Å². The van der Waals surface area contributed by atoms with Crippen LogP contribution in [-0.2, 0) is 13.0 Å². The van der Waals surface area contributed by atoms with Crippen molar-refractivity contribution in [3.05, 3.63) is 48.3 Å². The Morgan fingerprint density at radius 3 is 3.05 bits per heavy atom. The van der Waals surface area contributed by atoms with E-state index in [0.29, 0.717) is 12.1 Å². The van der Waals surface area contributed by atoms with Crippen molar-refractivity contribution in [2.45, 2.75) is 51.2 Å². The molecule has 1 aliphatic rings.